The molecule has 3 aromatic heterocycles. The molecule has 0 saturated heterocycles. The highest BCUT2D eigenvalue weighted by Gasteiger charge is 2.46. The van der Waals surface area contributed by atoms with E-state index in [2.05, 4.69) is 27.8 Å². The van der Waals surface area contributed by atoms with Crippen LogP contribution in [-0.4, -0.2) is 34.6 Å². The Morgan fingerprint density at radius 2 is 1.96 bits per heavy atom. The lowest BCUT2D eigenvalue weighted by atomic mass is 10.1. The number of aliphatic carboxylic acids is 1. The Hall–Kier alpha value is -3.88. The number of carboxylic acid groups (broad SMARTS) is 1. The number of thiophene rings is 1. The first-order chi connectivity index (χ1) is 21.4. The van der Waals surface area contributed by atoms with Crippen LogP contribution in [0.15, 0.2) is 80.6 Å². The number of nitrogens with zero attached hydrogens (tertiary/aromatic N) is 2. The molecular formula is C31H27BrF3N3O5S2. The number of anilines is 1. The normalized spacial score (nSPS) is 12.6. The van der Waals surface area contributed by atoms with Gasteiger partial charge in [-0.15, -0.1) is 11.3 Å². The fraction of sp³-hybridized carbons (Fsp3) is 0.226. The van der Waals surface area contributed by atoms with Gasteiger partial charge in [0.15, 0.2) is 5.76 Å². The lowest BCUT2D eigenvalue weighted by molar-refractivity contribution is -0.132. The highest BCUT2D eigenvalue weighted by atomic mass is 79.9. The summed E-state index contributed by atoms with van der Waals surface area (Å²) in [4.78, 5) is 17.7. The molecular weight excluding hydrogens is 695 g/mol. The number of halogens is 4. The van der Waals surface area contributed by atoms with E-state index in [0.29, 0.717) is 34.1 Å². The van der Waals surface area contributed by atoms with Crippen molar-refractivity contribution in [2.45, 2.75) is 44.7 Å². The molecule has 3 heterocycles. The van der Waals surface area contributed by atoms with Gasteiger partial charge in [0.2, 0.25) is 0 Å². The van der Waals surface area contributed by atoms with Crippen LogP contribution in [0.3, 0.4) is 0 Å². The van der Waals surface area contributed by atoms with Crippen LogP contribution in [0.2, 0.25) is 0 Å². The summed E-state index contributed by atoms with van der Waals surface area (Å²) in [6.45, 7) is 2.44. The topological polar surface area (TPSA) is 114 Å². The third kappa shape index (κ3) is 7.18. The molecule has 0 aliphatic carbocycles. The van der Waals surface area contributed by atoms with Crippen LogP contribution in [0.1, 0.15) is 41.7 Å². The summed E-state index contributed by atoms with van der Waals surface area (Å²) < 4.78 is 73.0. The van der Waals surface area contributed by atoms with Gasteiger partial charge >= 0.3 is 21.5 Å². The number of unbranched alkanes of at least 4 members (excludes halogenated alkanes) is 1. The third-order valence-corrected chi connectivity index (χ3v) is 9.78. The molecule has 0 radical (unpaired) electrons. The van der Waals surface area contributed by atoms with Crippen molar-refractivity contribution in [1.82, 2.24) is 9.55 Å². The number of alkyl halides is 3. The van der Waals surface area contributed by atoms with Crippen molar-refractivity contribution in [1.29, 1.82) is 0 Å². The summed E-state index contributed by atoms with van der Waals surface area (Å²) in [5.74, 6) is -0.0561. The van der Waals surface area contributed by atoms with E-state index < -0.39 is 21.5 Å². The predicted octanol–water partition coefficient (Wildman–Crippen LogP) is 8.48. The van der Waals surface area contributed by atoms with Gasteiger partial charge in [0.1, 0.15) is 11.4 Å². The van der Waals surface area contributed by atoms with Crippen LogP contribution >= 0.6 is 27.3 Å². The van der Waals surface area contributed by atoms with Crippen LogP contribution in [0, 0.1) is 0 Å². The summed E-state index contributed by atoms with van der Waals surface area (Å²) in [6.07, 6.45) is 6.14. The third-order valence-electron chi connectivity index (χ3n) is 7.02. The smallest absolute Gasteiger partial charge is 0.478 e. The molecule has 236 valence electrons. The number of imidazole rings is 1. The minimum absolute atomic E-state index is 0.116. The zero-order valence-corrected chi connectivity index (χ0v) is 27.0. The van der Waals surface area contributed by atoms with E-state index in [1.165, 1.54) is 29.5 Å². The lowest BCUT2D eigenvalue weighted by Gasteiger charge is -2.13. The number of aryl methyl sites for hydroxylation is 1. The molecule has 0 atom stereocenters. The van der Waals surface area contributed by atoms with E-state index in [1.807, 2.05) is 34.2 Å². The predicted molar refractivity (Wildman–Crippen MR) is 172 cm³/mol. The maximum Gasteiger partial charge on any atom is 0.516 e. The summed E-state index contributed by atoms with van der Waals surface area (Å²) in [6, 6.07) is 14.8. The first kappa shape index (κ1) is 32.5. The van der Waals surface area contributed by atoms with Crippen LogP contribution in [0.4, 0.5) is 18.9 Å². The van der Waals surface area contributed by atoms with E-state index in [4.69, 9.17) is 4.42 Å². The van der Waals surface area contributed by atoms with E-state index in [0.717, 1.165) is 29.1 Å². The summed E-state index contributed by atoms with van der Waals surface area (Å²) in [7, 11) is -5.66. The second-order valence-electron chi connectivity index (χ2n) is 10.2. The number of aromatic nitrogens is 2. The molecule has 45 heavy (non-hydrogen) atoms. The highest BCUT2D eigenvalue weighted by molar-refractivity contribution is 9.10. The van der Waals surface area contributed by atoms with Crippen LogP contribution in [-0.2, 0) is 34.2 Å². The van der Waals surface area contributed by atoms with Gasteiger partial charge in [0, 0.05) is 40.8 Å². The summed E-state index contributed by atoms with van der Waals surface area (Å²) in [5, 5.41) is 12.4. The Labute approximate surface area is 269 Å². The molecule has 0 aliphatic heterocycles. The molecule has 5 aromatic rings. The zero-order valence-electron chi connectivity index (χ0n) is 23.8. The first-order valence-corrected chi connectivity index (χ1v) is 16.9. The molecule has 0 saturated carbocycles. The number of furan rings is 1. The van der Waals surface area contributed by atoms with Gasteiger partial charge in [-0.05, 0) is 69.7 Å². The lowest BCUT2D eigenvalue weighted by Crippen LogP contribution is -2.30. The Balaban J connectivity index is 1.52. The molecule has 2 aromatic carbocycles. The summed E-state index contributed by atoms with van der Waals surface area (Å²) >= 11 is 4.99. The van der Waals surface area contributed by atoms with Crippen molar-refractivity contribution in [2.24, 2.45) is 0 Å². The number of fused-ring (bicyclic) bond motifs is 1. The van der Waals surface area contributed by atoms with Crippen molar-refractivity contribution in [3.8, 4) is 11.3 Å². The second kappa shape index (κ2) is 13.2. The van der Waals surface area contributed by atoms with Crippen molar-refractivity contribution >= 4 is 66.0 Å². The SMILES string of the molecule is CCCCc1ncc(/C=C(\Cc2cccs2)C(=O)O)n1Cc1ccc2oc(-c3ccccc3NS(=O)(=O)C(F)(F)F)c(Br)c2c1. The number of benzene rings is 2. The maximum absolute atomic E-state index is 13.1. The molecule has 0 amide bonds. The number of para-hydroxylation sites is 1. The number of carbonyl (C=O) groups is 1. The highest BCUT2D eigenvalue weighted by Crippen LogP contribution is 2.42. The van der Waals surface area contributed by atoms with Crippen LogP contribution in [0.25, 0.3) is 28.4 Å². The molecule has 8 nitrogen and oxygen atoms in total. The zero-order chi connectivity index (χ0) is 32.4. The fourth-order valence-electron chi connectivity index (χ4n) is 4.77. The average molecular weight is 723 g/mol. The van der Waals surface area contributed by atoms with Gasteiger partial charge < -0.3 is 14.1 Å². The molecule has 0 unspecified atom stereocenters. The average Bonchev–Trinajstić information content (AvgIpc) is 3.71. The Bertz CT molecular complexity index is 1980. The first-order valence-electron chi connectivity index (χ1n) is 13.8. The molecule has 0 fully saturated rings. The van der Waals surface area contributed by atoms with Gasteiger partial charge in [0.25, 0.3) is 0 Å². The number of carboxylic acids is 1. The van der Waals surface area contributed by atoms with Gasteiger partial charge in [-0.2, -0.15) is 21.6 Å². The number of rotatable bonds is 12. The van der Waals surface area contributed by atoms with Crippen molar-refractivity contribution in [3.05, 3.63) is 98.2 Å². The quantitative estimate of drug-likeness (QED) is 0.125. The van der Waals surface area contributed by atoms with Crippen molar-refractivity contribution < 1.29 is 35.9 Å². The monoisotopic (exact) mass is 721 g/mol. The Kier molecular flexibility index (Phi) is 9.56. The van der Waals surface area contributed by atoms with E-state index in [1.54, 1.807) is 29.1 Å². The van der Waals surface area contributed by atoms with Crippen molar-refractivity contribution in [2.75, 3.05) is 4.72 Å². The molecule has 5 rings (SSSR count). The molecule has 0 spiro atoms. The van der Waals surface area contributed by atoms with Gasteiger partial charge in [-0.3, -0.25) is 4.72 Å². The van der Waals surface area contributed by atoms with Gasteiger partial charge in [0.05, 0.1) is 22.1 Å². The molecule has 0 aliphatic rings. The second-order valence-corrected chi connectivity index (χ2v) is 13.7. The molecule has 14 heteroatoms. The Morgan fingerprint density at radius 1 is 1.18 bits per heavy atom. The van der Waals surface area contributed by atoms with Gasteiger partial charge in [-0.25, -0.2) is 9.78 Å². The van der Waals surface area contributed by atoms with Crippen LogP contribution < -0.4 is 4.72 Å². The number of sulfonamides is 1. The van der Waals surface area contributed by atoms with E-state index in [-0.39, 0.29) is 29.0 Å². The molecule has 0 bridgehead atoms. The van der Waals surface area contributed by atoms with Crippen LogP contribution in [0.5, 0.6) is 0 Å². The largest absolute Gasteiger partial charge is 0.516 e. The minimum Gasteiger partial charge on any atom is -0.478 e. The number of hydrogen-bond donors (Lipinski definition) is 2. The minimum atomic E-state index is -5.66. The van der Waals surface area contributed by atoms with E-state index in [9.17, 15) is 31.5 Å². The standard InChI is InChI=1S/C31H27BrF3N3O5S2/c1-2-3-10-27-36-17-21(15-20(30(39)40)16-22-7-6-13-44-22)38(27)18-19-11-12-26-24(14-19)28(32)29(43-26)23-8-4-5-9-25(23)37-45(41,42)31(33,34)35/h4-9,11-15,17,37H,2-3,10,16,18H2,1H3,(H,39,40)/b20-15+. The summed E-state index contributed by atoms with van der Waals surface area (Å²) in [5.41, 5.74) is -3.52. The van der Waals surface area contributed by atoms with Crippen molar-refractivity contribution in [3.63, 3.8) is 0 Å². The van der Waals surface area contributed by atoms with E-state index >= 15 is 0 Å². The Morgan fingerprint density at radius 3 is 2.64 bits per heavy atom. The number of nitrogens with one attached hydrogen (secondary N) is 1. The maximum atomic E-state index is 13.1. The number of hydrogen-bond acceptors (Lipinski definition) is 6. The van der Waals surface area contributed by atoms with Gasteiger partial charge in [-0.1, -0.05) is 37.6 Å². The fourth-order valence-corrected chi connectivity index (χ4v) is 6.69. The molecule has 2 N–H and O–H groups in total.